The van der Waals surface area contributed by atoms with E-state index < -0.39 is 5.91 Å². The number of hydrogen-bond acceptors (Lipinski definition) is 7. The predicted molar refractivity (Wildman–Crippen MR) is 173 cm³/mol. The van der Waals surface area contributed by atoms with Crippen molar-refractivity contribution in [2.75, 3.05) is 25.6 Å². The highest BCUT2D eigenvalue weighted by Crippen LogP contribution is 2.38. The molecule has 4 aromatic rings. The van der Waals surface area contributed by atoms with Crippen molar-refractivity contribution in [3.8, 4) is 34.8 Å². The van der Waals surface area contributed by atoms with Gasteiger partial charge in [0.05, 0.1) is 24.8 Å². The fourth-order valence-corrected chi connectivity index (χ4v) is 4.78. The Kier molecular flexibility index (Phi) is 11.7. The first-order valence-electron chi connectivity index (χ1n) is 14.0. The van der Waals surface area contributed by atoms with E-state index in [1.54, 1.807) is 43.5 Å². The normalized spacial score (nSPS) is 10.8. The van der Waals surface area contributed by atoms with Gasteiger partial charge in [-0.2, -0.15) is 5.26 Å². The minimum Gasteiger partial charge on any atom is -0.494 e. The van der Waals surface area contributed by atoms with Gasteiger partial charge < -0.3 is 29.0 Å². The highest BCUT2D eigenvalue weighted by molar-refractivity contribution is 9.10. The Bertz CT molecular complexity index is 1630. The molecule has 0 bridgehead atoms. The molecule has 0 heterocycles. The molecule has 0 aliphatic heterocycles. The van der Waals surface area contributed by atoms with Crippen molar-refractivity contribution in [3.63, 3.8) is 0 Å². The number of anilines is 1. The standard InChI is InChI=1S/C35H33BrN2O6/c1-4-41-29-14-12-28(13-15-29)38-35(39)27(21-37)17-26-18-30(36)34(33(20-26)42-5-2)44-23-25-11-16-31(32(19-25)40-3)43-22-24-9-7-6-8-10-24/h6-20H,4-5,22-23H2,1-3H3,(H,38,39)/b27-17+. The van der Waals surface area contributed by atoms with Crippen LogP contribution in [0, 0.1) is 11.3 Å². The second kappa shape index (κ2) is 16.1. The van der Waals surface area contributed by atoms with Crippen molar-refractivity contribution in [3.05, 3.63) is 112 Å². The van der Waals surface area contributed by atoms with Crippen molar-refractivity contribution < 1.29 is 28.5 Å². The first-order valence-corrected chi connectivity index (χ1v) is 14.8. The minimum absolute atomic E-state index is 0.0661. The molecular weight excluding hydrogens is 624 g/mol. The summed E-state index contributed by atoms with van der Waals surface area (Å²) in [7, 11) is 1.60. The average molecular weight is 658 g/mol. The van der Waals surface area contributed by atoms with Crippen LogP contribution >= 0.6 is 15.9 Å². The van der Waals surface area contributed by atoms with Gasteiger partial charge >= 0.3 is 0 Å². The van der Waals surface area contributed by atoms with Gasteiger partial charge in [0.15, 0.2) is 23.0 Å². The molecule has 0 atom stereocenters. The fourth-order valence-electron chi connectivity index (χ4n) is 4.20. The third kappa shape index (κ3) is 8.79. The number of ether oxygens (including phenoxy) is 5. The van der Waals surface area contributed by atoms with Crippen LogP contribution in [-0.4, -0.2) is 26.2 Å². The lowest BCUT2D eigenvalue weighted by molar-refractivity contribution is -0.112. The number of nitrogens with one attached hydrogen (secondary N) is 1. The van der Waals surface area contributed by atoms with Crippen LogP contribution < -0.4 is 29.0 Å². The Morgan fingerprint density at radius 2 is 1.55 bits per heavy atom. The van der Waals surface area contributed by atoms with Crippen LogP contribution in [0.25, 0.3) is 6.08 Å². The smallest absolute Gasteiger partial charge is 0.266 e. The molecule has 4 rings (SSSR count). The van der Waals surface area contributed by atoms with Gasteiger partial charge in [0.2, 0.25) is 0 Å². The largest absolute Gasteiger partial charge is 0.494 e. The molecular formula is C35H33BrN2O6. The van der Waals surface area contributed by atoms with Crippen molar-refractivity contribution in [1.29, 1.82) is 5.26 Å². The van der Waals surface area contributed by atoms with E-state index in [0.717, 1.165) is 11.1 Å². The molecule has 226 valence electrons. The summed E-state index contributed by atoms with van der Waals surface area (Å²) in [6.45, 7) is 5.35. The minimum atomic E-state index is -0.531. The molecule has 8 nitrogen and oxygen atoms in total. The molecule has 4 aromatic carbocycles. The van der Waals surface area contributed by atoms with Crippen LogP contribution in [0.4, 0.5) is 5.69 Å². The van der Waals surface area contributed by atoms with Crippen LogP contribution in [0.2, 0.25) is 0 Å². The number of hydrogen-bond donors (Lipinski definition) is 1. The Balaban J connectivity index is 1.47. The lowest BCUT2D eigenvalue weighted by atomic mass is 10.1. The number of nitrogens with zero attached hydrogens (tertiary/aromatic N) is 1. The molecule has 44 heavy (non-hydrogen) atoms. The maximum absolute atomic E-state index is 12.9. The molecule has 0 fully saturated rings. The zero-order valence-corrected chi connectivity index (χ0v) is 26.3. The summed E-state index contributed by atoms with van der Waals surface area (Å²) in [6, 6.07) is 28.0. The van der Waals surface area contributed by atoms with E-state index in [2.05, 4.69) is 21.2 Å². The van der Waals surface area contributed by atoms with E-state index in [0.29, 0.717) is 64.3 Å². The number of amides is 1. The van der Waals surface area contributed by atoms with E-state index in [9.17, 15) is 10.1 Å². The van der Waals surface area contributed by atoms with Crippen LogP contribution in [-0.2, 0) is 18.0 Å². The van der Waals surface area contributed by atoms with Gasteiger partial charge in [-0.25, -0.2) is 0 Å². The zero-order chi connectivity index (χ0) is 31.3. The number of carbonyl (C=O) groups excluding carboxylic acids is 1. The van der Waals surface area contributed by atoms with Crippen LogP contribution in [0.3, 0.4) is 0 Å². The molecule has 0 aliphatic rings. The monoisotopic (exact) mass is 656 g/mol. The number of benzene rings is 4. The van der Waals surface area contributed by atoms with Crippen LogP contribution in [0.5, 0.6) is 28.7 Å². The average Bonchev–Trinajstić information content (AvgIpc) is 3.04. The summed E-state index contributed by atoms with van der Waals surface area (Å²) < 4.78 is 29.6. The van der Waals surface area contributed by atoms with Gasteiger partial charge in [-0.15, -0.1) is 0 Å². The van der Waals surface area contributed by atoms with Crippen molar-refractivity contribution >= 4 is 33.6 Å². The van der Waals surface area contributed by atoms with Gasteiger partial charge in [0, 0.05) is 5.69 Å². The van der Waals surface area contributed by atoms with Crippen LogP contribution in [0.15, 0.2) is 95.0 Å². The summed E-state index contributed by atoms with van der Waals surface area (Å²) in [4.78, 5) is 12.9. The predicted octanol–water partition coefficient (Wildman–Crippen LogP) is 7.96. The van der Waals surface area contributed by atoms with Gasteiger partial charge in [-0.1, -0.05) is 36.4 Å². The Morgan fingerprint density at radius 1 is 0.818 bits per heavy atom. The third-order valence-electron chi connectivity index (χ3n) is 6.28. The highest BCUT2D eigenvalue weighted by Gasteiger charge is 2.16. The molecule has 0 aliphatic carbocycles. The molecule has 0 aromatic heterocycles. The Labute approximate surface area is 265 Å². The number of carbonyl (C=O) groups is 1. The molecule has 0 saturated carbocycles. The third-order valence-corrected chi connectivity index (χ3v) is 6.87. The summed E-state index contributed by atoms with van der Waals surface area (Å²) in [5, 5.41) is 12.5. The first-order chi connectivity index (χ1) is 21.4. The van der Waals surface area contributed by atoms with Gasteiger partial charge in [0.1, 0.15) is 30.6 Å². The second-order valence-electron chi connectivity index (χ2n) is 9.39. The SMILES string of the molecule is CCOc1ccc(NC(=O)/C(C#N)=C/c2cc(Br)c(OCc3ccc(OCc4ccccc4)c(OC)c3)c(OCC)c2)cc1. The van der Waals surface area contributed by atoms with Gasteiger partial charge in [-0.3, -0.25) is 4.79 Å². The first kappa shape index (κ1) is 32.0. The number of rotatable bonds is 14. The van der Waals surface area contributed by atoms with Gasteiger partial charge in [-0.05, 0) is 101 Å². The summed E-state index contributed by atoms with van der Waals surface area (Å²) >= 11 is 3.57. The maximum Gasteiger partial charge on any atom is 0.266 e. The number of methoxy groups -OCH3 is 1. The highest BCUT2D eigenvalue weighted by atomic mass is 79.9. The quantitative estimate of drug-likeness (QED) is 0.109. The molecule has 9 heteroatoms. The Morgan fingerprint density at radius 3 is 2.23 bits per heavy atom. The van der Waals surface area contributed by atoms with E-state index in [1.807, 2.05) is 68.4 Å². The summed E-state index contributed by atoms with van der Waals surface area (Å²) in [6.07, 6.45) is 1.50. The van der Waals surface area contributed by atoms with Crippen molar-refractivity contribution in [2.45, 2.75) is 27.1 Å². The zero-order valence-electron chi connectivity index (χ0n) is 24.8. The molecule has 0 unspecified atom stereocenters. The molecule has 0 spiro atoms. The topological polar surface area (TPSA) is 99.0 Å². The molecule has 1 N–H and O–H groups in total. The lowest BCUT2D eigenvalue weighted by Crippen LogP contribution is -2.13. The number of halogens is 1. The maximum atomic E-state index is 12.9. The molecule has 0 radical (unpaired) electrons. The van der Waals surface area contributed by atoms with Crippen molar-refractivity contribution in [2.24, 2.45) is 0 Å². The summed E-state index contributed by atoms with van der Waals surface area (Å²) in [5.41, 5.74) is 3.00. The summed E-state index contributed by atoms with van der Waals surface area (Å²) in [5.74, 6) is 2.35. The molecule has 1 amide bonds. The Hall–Kier alpha value is -4.94. The van der Waals surface area contributed by atoms with Gasteiger partial charge in [0.25, 0.3) is 5.91 Å². The van der Waals surface area contributed by atoms with E-state index >= 15 is 0 Å². The van der Waals surface area contributed by atoms with Crippen molar-refractivity contribution in [1.82, 2.24) is 0 Å². The number of nitriles is 1. The second-order valence-corrected chi connectivity index (χ2v) is 10.2. The fraction of sp³-hybridized carbons (Fsp3) is 0.200. The lowest BCUT2D eigenvalue weighted by Gasteiger charge is -2.16. The van der Waals surface area contributed by atoms with E-state index in [1.165, 1.54) is 6.08 Å². The van der Waals surface area contributed by atoms with Crippen LogP contribution in [0.1, 0.15) is 30.5 Å². The molecule has 0 saturated heterocycles. The van der Waals surface area contributed by atoms with E-state index in [-0.39, 0.29) is 12.2 Å². The van der Waals surface area contributed by atoms with E-state index in [4.69, 9.17) is 23.7 Å².